The third-order valence-corrected chi connectivity index (χ3v) is 5.39. The highest BCUT2D eigenvalue weighted by molar-refractivity contribution is 5.96. The molecule has 2 aromatic carbocycles. The maximum absolute atomic E-state index is 11.9. The fraction of sp³-hybridized carbons (Fsp3) is 0.217. The molecule has 3 aromatic rings. The Hall–Kier alpha value is -3.34. The topological polar surface area (TPSA) is 64.2 Å². The first-order valence-electron chi connectivity index (χ1n) is 9.14. The van der Waals surface area contributed by atoms with Gasteiger partial charge in [-0.3, -0.25) is 9.89 Å². The highest BCUT2D eigenvalue weighted by Crippen LogP contribution is 2.44. The number of carbonyl (C=O) groups excluding carboxylic acids is 1. The summed E-state index contributed by atoms with van der Waals surface area (Å²) in [4.78, 5) is 11.9. The number of hydrogen-bond acceptors (Lipinski definition) is 4. The molecule has 5 heteroatoms. The average Bonchev–Trinajstić information content (AvgIpc) is 3.17. The van der Waals surface area contributed by atoms with Gasteiger partial charge in [0.2, 0.25) is 0 Å². The number of benzene rings is 2. The minimum absolute atomic E-state index is 0.0412. The largest absolute Gasteiger partial charge is 0.493 e. The summed E-state index contributed by atoms with van der Waals surface area (Å²) in [5, 5.41) is 7.32. The quantitative estimate of drug-likeness (QED) is 0.680. The molecule has 0 amide bonds. The summed E-state index contributed by atoms with van der Waals surface area (Å²) in [5.41, 5.74) is 4.14. The van der Waals surface area contributed by atoms with Crippen molar-refractivity contribution in [1.82, 2.24) is 10.2 Å². The number of Topliss-reactive ketones (excluding diaryl/α,β-unsaturated/α-hetero) is 1. The molecule has 0 saturated heterocycles. The smallest absolute Gasteiger partial charge is 0.180 e. The van der Waals surface area contributed by atoms with Crippen molar-refractivity contribution in [3.63, 3.8) is 0 Å². The zero-order chi connectivity index (χ0) is 19.7. The number of ketones is 1. The average molecular weight is 374 g/mol. The molecule has 0 radical (unpaired) electrons. The number of methoxy groups -OCH3 is 2. The van der Waals surface area contributed by atoms with Crippen molar-refractivity contribution in [1.29, 1.82) is 0 Å². The summed E-state index contributed by atoms with van der Waals surface area (Å²) in [5.74, 6) is 1.33. The van der Waals surface area contributed by atoms with Gasteiger partial charge in [0.05, 0.1) is 14.2 Å². The molecule has 4 rings (SSSR count). The summed E-state index contributed by atoms with van der Waals surface area (Å²) in [6, 6.07) is 16.3. The highest BCUT2D eigenvalue weighted by Gasteiger charge is 2.37. The number of rotatable bonds is 5. The van der Waals surface area contributed by atoms with Crippen LogP contribution in [0, 0.1) is 0 Å². The first-order valence-corrected chi connectivity index (χ1v) is 9.14. The molecule has 1 aromatic heterocycles. The van der Waals surface area contributed by atoms with Crippen LogP contribution >= 0.6 is 0 Å². The lowest BCUT2D eigenvalue weighted by Gasteiger charge is -2.34. The SMILES string of the molecule is COc1ccc(C2(c3ccccc3)C=Cc3c(C(C)=O)n[nH]c3C2)cc1OC. The fourth-order valence-electron chi connectivity index (χ4n) is 3.95. The van der Waals surface area contributed by atoms with E-state index in [-0.39, 0.29) is 5.78 Å². The van der Waals surface area contributed by atoms with Gasteiger partial charge in [-0.1, -0.05) is 48.6 Å². The zero-order valence-electron chi connectivity index (χ0n) is 16.2. The van der Waals surface area contributed by atoms with Crippen LogP contribution < -0.4 is 9.47 Å². The molecule has 5 nitrogen and oxygen atoms in total. The number of nitrogens with one attached hydrogen (secondary N) is 1. The van der Waals surface area contributed by atoms with Crippen LogP contribution in [-0.2, 0) is 11.8 Å². The number of allylic oxidation sites excluding steroid dienone is 1. The van der Waals surface area contributed by atoms with Crippen molar-refractivity contribution in [2.75, 3.05) is 14.2 Å². The van der Waals surface area contributed by atoms with Crippen LogP contribution in [0.2, 0.25) is 0 Å². The highest BCUT2D eigenvalue weighted by atomic mass is 16.5. The predicted octanol–water partition coefficient (Wildman–Crippen LogP) is 4.19. The van der Waals surface area contributed by atoms with Gasteiger partial charge in [-0.15, -0.1) is 0 Å². The molecule has 0 spiro atoms. The second-order valence-electron chi connectivity index (χ2n) is 6.94. The number of ether oxygens (including phenoxy) is 2. The van der Waals surface area contributed by atoms with Gasteiger partial charge in [-0.2, -0.15) is 5.10 Å². The van der Waals surface area contributed by atoms with E-state index in [9.17, 15) is 4.79 Å². The van der Waals surface area contributed by atoms with E-state index in [2.05, 4.69) is 34.5 Å². The third kappa shape index (κ3) is 2.80. The lowest BCUT2D eigenvalue weighted by atomic mass is 9.68. The summed E-state index contributed by atoms with van der Waals surface area (Å²) in [7, 11) is 3.27. The second kappa shape index (κ2) is 7.00. The minimum atomic E-state index is -0.408. The fourth-order valence-corrected chi connectivity index (χ4v) is 3.95. The monoisotopic (exact) mass is 374 g/mol. The van der Waals surface area contributed by atoms with Crippen molar-refractivity contribution >= 4 is 11.9 Å². The molecule has 0 saturated carbocycles. The van der Waals surface area contributed by atoms with Crippen molar-refractivity contribution in [3.05, 3.63) is 82.7 Å². The summed E-state index contributed by atoms with van der Waals surface area (Å²) >= 11 is 0. The Morgan fingerprint density at radius 1 is 1.04 bits per heavy atom. The van der Waals surface area contributed by atoms with Crippen molar-refractivity contribution in [3.8, 4) is 11.5 Å². The van der Waals surface area contributed by atoms with Crippen LogP contribution in [-0.4, -0.2) is 30.2 Å². The van der Waals surface area contributed by atoms with E-state index < -0.39 is 5.41 Å². The van der Waals surface area contributed by atoms with Crippen molar-refractivity contribution in [2.45, 2.75) is 18.8 Å². The predicted molar refractivity (Wildman–Crippen MR) is 108 cm³/mol. The maximum atomic E-state index is 11.9. The summed E-state index contributed by atoms with van der Waals surface area (Å²) in [6.07, 6.45) is 4.83. The molecule has 1 N–H and O–H groups in total. The number of aromatic nitrogens is 2. The van der Waals surface area contributed by atoms with Gasteiger partial charge >= 0.3 is 0 Å². The van der Waals surface area contributed by atoms with Gasteiger partial charge in [-0.05, 0) is 23.3 Å². The first-order chi connectivity index (χ1) is 13.6. The lowest BCUT2D eigenvalue weighted by Crippen LogP contribution is -2.30. The Balaban J connectivity index is 1.91. The number of carbonyl (C=O) groups is 1. The molecule has 28 heavy (non-hydrogen) atoms. The van der Waals surface area contributed by atoms with Crippen molar-refractivity contribution < 1.29 is 14.3 Å². The van der Waals surface area contributed by atoms with Gasteiger partial charge in [0.25, 0.3) is 0 Å². The van der Waals surface area contributed by atoms with Gasteiger partial charge < -0.3 is 9.47 Å². The minimum Gasteiger partial charge on any atom is -0.493 e. The molecule has 142 valence electrons. The molecule has 1 unspecified atom stereocenters. The third-order valence-electron chi connectivity index (χ3n) is 5.39. The Morgan fingerprint density at radius 2 is 1.79 bits per heavy atom. The normalized spacial score (nSPS) is 17.8. The number of fused-ring (bicyclic) bond motifs is 1. The van der Waals surface area contributed by atoms with Crippen LogP contribution in [0.5, 0.6) is 11.5 Å². The Labute approximate surface area is 164 Å². The first kappa shape index (κ1) is 18.0. The number of aromatic amines is 1. The van der Waals surface area contributed by atoms with Crippen molar-refractivity contribution in [2.24, 2.45) is 0 Å². The molecule has 0 bridgehead atoms. The molecule has 0 aliphatic heterocycles. The summed E-state index contributed by atoms with van der Waals surface area (Å²) < 4.78 is 10.9. The van der Waals surface area contributed by atoms with Crippen LogP contribution in [0.25, 0.3) is 6.08 Å². The maximum Gasteiger partial charge on any atom is 0.180 e. The standard InChI is InChI=1S/C23H22N2O3/c1-15(26)22-18-11-12-23(14-19(18)24-25-22,16-7-5-4-6-8-16)17-9-10-20(27-2)21(13-17)28-3/h4-13H,14H2,1-3H3,(H,24,25). The van der Waals surface area contributed by atoms with E-state index in [1.165, 1.54) is 6.92 Å². The van der Waals surface area contributed by atoms with E-state index in [0.29, 0.717) is 23.6 Å². The zero-order valence-corrected chi connectivity index (χ0v) is 16.2. The molecule has 1 atom stereocenters. The summed E-state index contributed by atoms with van der Waals surface area (Å²) in [6.45, 7) is 1.54. The second-order valence-corrected chi connectivity index (χ2v) is 6.94. The molecule has 0 fully saturated rings. The van der Waals surface area contributed by atoms with Crippen LogP contribution in [0.3, 0.4) is 0 Å². The van der Waals surface area contributed by atoms with Crippen LogP contribution in [0.15, 0.2) is 54.6 Å². The number of H-pyrrole nitrogens is 1. The van der Waals surface area contributed by atoms with Gasteiger partial charge in [-0.25, -0.2) is 0 Å². The van der Waals surface area contributed by atoms with E-state index in [1.807, 2.05) is 36.4 Å². The van der Waals surface area contributed by atoms with E-state index >= 15 is 0 Å². The number of hydrogen-bond donors (Lipinski definition) is 1. The Morgan fingerprint density at radius 3 is 2.46 bits per heavy atom. The lowest BCUT2D eigenvalue weighted by molar-refractivity contribution is 0.101. The molecule has 1 aliphatic rings. The van der Waals surface area contributed by atoms with Gasteiger partial charge in [0.15, 0.2) is 17.3 Å². The Bertz CT molecular complexity index is 1050. The molecular formula is C23H22N2O3. The molecule has 1 aliphatic carbocycles. The molecule has 1 heterocycles. The molecular weight excluding hydrogens is 352 g/mol. The van der Waals surface area contributed by atoms with Crippen LogP contribution in [0.1, 0.15) is 39.8 Å². The van der Waals surface area contributed by atoms with Crippen LogP contribution in [0.4, 0.5) is 0 Å². The van der Waals surface area contributed by atoms with E-state index in [4.69, 9.17) is 9.47 Å². The van der Waals surface area contributed by atoms with E-state index in [0.717, 1.165) is 22.4 Å². The van der Waals surface area contributed by atoms with Gasteiger partial charge in [0, 0.05) is 30.0 Å². The van der Waals surface area contributed by atoms with Gasteiger partial charge in [0.1, 0.15) is 5.69 Å². The van der Waals surface area contributed by atoms with E-state index in [1.54, 1.807) is 14.2 Å². The Kier molecular flexibility index (Phi) is 4.51. The number of nitrogens with zero attached hydrogens (tertiary/aromatic N) is 1.